The Kier molecular flexibility index (Phi) is 5.89. The van der Waals surface area contributed by atoms with Crippen molar-refractivity contribution in [2.24, 2.45) is 0 Å². The van der Waals surface area contributed by atoms with Gasteiger partial charge < -0.3 is 15.5 Å². The number of nitrogens with zero attached hydrogens (tertiary/aromatic N) is 5. The Morgan fingerprint density at radius 1 is 1.19 bits per heavy atom. The van der Waals surface area contributed by atoms with E-state index in [1.54, 1.807) is 0 Å². The van der Waals surface area contributed by atoms with E-state index in [2.05, 4.69) is 25.8 Å². The Hall–Kier alpha value is -2.69. The van der Waals surface area contributed by atoms with Crippen LogP contribution >= 0.6 is 11.3 Å². The maximum Gasteiger partial charge on any atom is 0.273 e. The van der Waals surface area contributed by atoms with Gasteiger partial charge in [0.15, 0.2) is 5.69 Å². The highest BCUT2D eigenvalue weighted by Crippen LogP contribution is 2.23. The maximum atomic E-state index is 12.3. The smallest absolute Gasteiger partial charge is 0.273 e. The van der Waals surface area contributed by atoms with Crippen molar-refractivity contribution in [2.45, 2.75) is 25.4 Å². The van der Waals surface area contributed by atoms with E-state index in [1.807, 2.05) is 37.3 Å². The van der Waals surface area contributed by atoms with Gasteiger partial charge in [-0.25, -0.2) is 4.68 Å². The fraction of sp³-hybridized carbons (Fsp3) is 0.353. The second kappa shape index (κ2) is 8.33. The van der Waals surface area contributed by atoms with E-state index in [-0.39, 0.29) is 25.5 Å². The summed E-state index contributed by atoms with van der Waals surface area (Å²) in [6.45, 7) is 1.41. The number of carbonyl (C=O) groups is 1. The molecule has 0 atom stereocenters. The Balaban J connectivity index is 1.64. The first-order valence-electron chi connectivity index (χ1n) is 8.42. The van der Waals surface area contributed by atoms with Gasteiger partial charge in [-0.3, -0.25) is 4.79 Å². The molecule has 0 saturated heterocycles. The molecule has 2 heterocycles. The van der Waals surface area contributed by atoms with Crippen LogP contribution in [-0.4, -0.2) is 54.5 Å². The first-order chi connectivity index (χ1) is 13.1. The van der Waals surface area contributed by atoms with E-state index in [1.165, 1.54) is 22.2 Å². The van der Waals surface area contributed by atoms with Gasteiger partial charge in [0.25, 0.3) is 5.91 Å². The molecule has 0 aliphatic heterocycles. The number of aliphatic hydroxyl groups excluding tert-OH is 2. The average Bonchev–Trinajstić information content (AvgIpc) is 3.39. The third-order valence-electron chi connectivity index (χ3n) is 4.35. The van der Waals surface area contributed by atoms with Crippen molar-refractivity contribution in [1.29, 1.82) is 0 Å². The molecule has 142 valence electrons. The predicted octanol–water partition coefficient (Wildman–Crippen LogP) is 0.816. The summed E-state index contributed by atoms with van der Waals surface area (Å²) in [4.78, 5) is 12.3. The quantitative estimate of drug-likeness (QED) is 0.521. The molecular formula is C17H20N6O3S. The van der Waals surface area contributed by atoms with Crippen molar-refractivity contribution in [2.75, 3.05) is 13.2 Å². The molecule has 0 saturated carbocycles. The Morgan fingerprint density at radius 3 is 2.59 bits per heavy atom. The van der Waals surface area contributed by atoms with Gasteiger partial charge in [-0.15, -0.1) is 15.3 Å². The molecule has 0 radical (unpaired) electrons. The van der Waals surface area contributed by atoms with Gasteiger partial charge in [-0.2, -0.15) is 0 Å². The standard InChI is InChI=1S/C17H20N6O3S/c1-2-17(10-24,11-25)23-9-13(19-22-23)15(26)18-8-14-20-21-16(27-14)12-6-4-3-5-7-12/h3-7,9,24-25H,2,8,10-11H2,1H3,(H,18,26). The molecule has 0 bridgehead atoms. The minimum Gasteiger partial charge on any atom is -0.394 e. The van der Waals surface area contributed by atoms with E-state index in [0.29, 0.717) is 11.4 Å². The first kappa shape index (κ1) is 19.1. The Morgan fingerprint density at radius 2 is 1.93 bits per heavy atom. The highest BCUT2D eigenvalue weighted by Gasteiger charge is 2.31. The van der Waals surface area contributed by atoms with Crippen LogP contribution in [0, 0.1) is 0 Å². The number of aliphatic hydroxyl groups is 2. The predicted molar refractivity (Wildman–Crippen MR) is 99.0 cm³/mol. The Labute approximate surface area is 159 Å². The van der Waals surface area contributed by atoms with Crippen LogP contribution < -0.4 is 5.32 Å². The van der Waals surface area contributed by atoms with Crippen molar-refractivity contribution < 1.29 is 15.0 Å². The average molecular weight is 388 g/mol. The molecule has 0 aliphatic carbocycles. The summed E-state index contributed by atoms with van der Waals surface area (Å²) < 4.78 is 1.33. The van der Waals surface area contributed by atoms with E-state index in [0.717, 1.165) is 10.6 Å². The molecule has 0 unspecified atom stereocenters. The van der Waals surface area contributed by atoms with Crippen LogP contribution in [0.1, 0.15) is 28.8 Å². The number of rotatable bonds is 8. The van der Waals surface area contributed by atoms with Crippen LogP contribution in [0.4, 0.5) is 0 Å². The van der Waals surface area contributed by atoms with Crippen LogP contribution in [0.15, 0.2) is 36.5 Å². The Bertz CT molecular complexity index is 883. The molecule has 10 heteroatoms. The van der Waals surface area contributed by atoms with Crippen molar-refractivity contribution in [3.8, 4) is 10.6 Å². The van der Waals surface area contributed by atoms with Crippen LogP contribution in [0.2, 0.25) is 0 Å². The van der Waals surface area contributed by atoms with Crippen LogP contribution in [0.25, 0.3) is 10.6 Å². The molecule has 1 aromatic carbocycles. The van der Waals surface area contributed by atoms with Crippen molar-refractivity contribution >= 4 is 17.2 Å². The summed E-state index contributed by atoms with van der Waals surface area (Å²) in [5, 5.41) is 39.2. The number of nitrogens with one attached hydrogen (secondary N) is 1. The number of amides is 1. The van der Waals surface area contributed by atoms with Gasteiger partial charge in [0.05, 0.1) is 26.0 Å². The molecule has 3 N–H and O–H groups in total. The number of aromatic nitrogens is 5. The molecule has 2 aromatic heterocycles. The molecule has 27 heavy (non-hydrogen) atoms. The van der Waals surface area contributed by atoms with Crippen LogP contribution in [0.5, 0.6) is 0 Å². The lowest BCUT2D eigenvalue weighted by Crippen LogP contribution is -2.41. The fourth-order valence-corrected chi connectivity index (χ4v) is 3.23. The molecule has 0 spiro atoms. The lowest BCUT2D eigenvalue weighted by molar-refractivity contribution is 0.0485. The molecule has 3 rings (SSSR count). The van der Waals surface area contributed by atoms with Crippen molar-refractivity contribution in [3.05, 3.63) is 47.2 Å². The van der Waals surface area contributed by atoms with E-state index in [4.69, 9.17) is 0 Å². The molecule has 0 aliphatic rings. The first-order valence-corrected chi connectivity index (χ1v) is 9.24. The van der Waals surface area contributed by atoms with Gasteiger partial charge in [0.2, 0.25) is 0 Å². The third-order valence-corrected chi connectivity index (χ3v) is 5.32. The maximum absolute atomic E-state index is 12.3. The lowest BCUT2D eigenvalue weighted by Gasteiger charge is -2.27. The summed E-state index contributed by atoms with van der Waals surface area (Å²) in [6, 6.07) is 9.68. The van der Waals surface area contributed by atoms with Gasteiger partial charge in [0.1, 0.15) is 15.6 Å². The van der Waals surface area contributed by atoms with Crippen LogP contribution in [0.3, 0.4) is 0 Å². The molecule has 3 aromatic rings. The number of hydrogen-bond acceptors (Lipinski definition) is 8. The molecule has 0 fully saturated rings. The lowest BCUT2D eigenvalue weighted by atomic mass is 9.99. The van der Waals surface area contributed by atoms with Crippen LogP contribution in [-0.2, 0) is 12.1 Å². The van der Waals surface area contributed by atoms with E-state index >= 15 is 0 Å². The van der Waals surface area contributed by atoms with Gasteiger partial charge >= 0.3 is 0 Å². The number of benzene rings is 1. The van der Waals surface area contributed by atoms with Gasteiger partial charge in [-0.1, -0.05) is 53.8 Å². The second-order valence-corrected chi connectivity index (χ2v) is 7.05. The second-order valence-electron chi connectivity index (χ2n) is 5.99. The summed E-state index contributed by atoms with van der Waals surface area (Å²) in [5.74, 6) is -0.418. The zero-order valence-electron chi connectivity index (χ0n) is 14.7. The molecular weight excluding hydrogens is 368 g/mol. The zero-order valence-corrected chi connectivity index (χ0v) is 15.6. The van der Waals surface area contributed by atoms with Crippen molar-refractivity contribution in [1.82, 2.24) is 30.5 Å². The SMILES string of the molecule is CCC(CO)(CO)n1cc(C(=O)NCc2nnc(-c3ccccc3)s2)nn1. The van der Waals surface area contributed by atoms with E-state index in [9.17, 15) is 15.0 Å². The summed E-state index contributed by atoms with van der Waals surface area (Å²) in [6.07, 6.45) is 1.86. The fourth-order valence-electron chi connectivity index (χ4n) is 2.45. The van der Waals surface area contributed by atoms with Gasteiger partial charge in [-0.05, 0) is 6.42 Å². The summed E-state index contributed by atoms with van der Waals surface area (Å²) >= 11 is 1.40. The normalized spacial score (nSPS) is 11.5. The highest BCUT2D eigenvalue weighted by molar-refractivity contribution is 7.14. The minimum absolute atomic E-state index is 0.0996. The highest BCUT2D eigenvalue weighted by atomic mass is 32.1. The summed E-state index contributed by atoms with van der Waals surface area (Å²) in [5.41, 5.74) is 0.0944. The van der Waals surface area contributed by atoms with E-state index < -0.39 is 11.4 Å². The minimum atomic E-state index is -0.977. The number of hydrogen-bond donors (Lipinski definition) is 3. The molecule has 9 nitrogen and oxygen atoms in total. The third kappa shape index (κ3) is 4.02. The van der Waals surface area contributed by atoms with Crippen molar-refractivity contribution in [3.63, 3.8) is 0 Å². The molecule has 1 amide bonds. The number of carbonyl (C=O) groups excluding carboxylic acids is 1. The zero-order chi connectivity index (χ0) is 19.3. The summed E-state index contributed by atoms with van der Waals surface area (Å²) in [7, 11) is 0. The largest absolute Gasteiger partial charge is 0.394 e. The topological polar surface area (TPSA) is 126 Å². The van der Waals surface area contributed by atoms with Gasteiger partial charge in [0, 0.05) is 5.56 Å². The monoisotopic (exact) mass is 388 g/mol.